The van der Waals surface area contributed by atoms with E-state index in [2.05, 4.69) is 4.98 Å². The number of ether oxygens (including phenoxy) is 1. The molecule has 0 aliphatic rings. The third-order valence-corrected chi connectivity index (χ3v) is 6.13. The fraction of sp³-hybridized carbons (Fsp3) is 0.217. The fourth-order valence-electron chi connectivity index (χ4n) is 3.60. The van der Waals surface area contributed by atoms with Crippen molar-refractivity contribution < 1.29 is 22.7 Å². The Morgan fingerprint density at radius 3 is 2.65 bits per heavy atom. The number of carbonyl (C=O) groups is 1. The first-order valence-electron chi connectivity index (χ1n) is 10.1. The SMILES string of the molecule is CCOC(=O)c1cn(-c2ccc3ncsc3c2)c(=O)n(Cc2cccc(C(F)(F)F)c2C)c1=O. The molecular formula is C23H18F3N3O4S. The molecule has 0 N–H and O–H groups in total. The van der Waals surface area contributed by atoms with Crippen molar-refractivity contribution in [2.75, 3.05) is 6.61 Å². The third kappa shape index (κ3) is 4.26. The Hall–Kier alpha value is -3.73. The van der Waals surface area contributed by atoms with Crippen LogP contribution in [-0.2, 0) is 17.5 Å². The molecule has 0 aliphatic carbocycles. The van der Waals surface area contributed by atoms with Crippen LogP contribution in [0.15, 0.2) is 57.7 Å². The number of hydrogen-bond acceptors (Lipinski definition) is 6. The van der Waals surface area contributed by atoms with Crippen LogP contribution < -0.4 is 11.2 Å². The molecule has 0 amide bonds. The van der Waals surface area contributed by atoms with Crippen LogP contribution in [0.1, 0.15) is 34.0 Å². The summed E-state index contributed by atoms with van der Waals surface area (Å²) < 4.78 is 47.7. The molecular weight excluding hydrogens is 471 g/mol. The van der Waals surface area contributed by atoms with Crippen LogP contribution in [0.25, 0.3) is 15.9 Å². The van der Waals surface area contributed by atoms with E-state index in [0.29, 0.717) is 11.2 Å². The van der Waals surface area contributed by atoms with Gasteiger partial charge in [-0.05, 0) is 49.2 Å². The molecule has 0 aliphatic heterocycles. The first-order chi connectivity index (χ1) is 16.1. The molecule has 7 nitrogen and oxygen atoms in total. The van der Waals surface area contributed by atoms with Crippen molar-refractivity contribution in [3.05, 3.63) is 91.2 Å². The number of fused-ring (bicyclic) bond motifs is 1. The summed E-state index contributed by atoms with van der Waals surface area (Å²) in [7, 11) is 0. The highest BCUT2D eigenvalue weighted by Crippen LogP contribution is 2.33. The average Bonchev–Trinajstić information content (AvgIpc) is 3.25. The van der Waals surface area contributed by atoms with Gasteiger partial charge in [0.2, 0.25) is 0 Å². The van der Waals surface area contributed by atoms with Crippen LogP contribution in [0.4, 0.5) is 13.2 Å². The zero-order valence-electron chi connectivity index (χ0n) is 18.0. The number of halogens is 3. The van der Waals surface area contributed by atoms with Gasteiger partial charge in [0.15, 0.2) is 0 Å². The van der Waals surface area contributed by atoms with Gasteiger partial charge in [-0.2, -0.15) is 13.2 Å². The Balaban J connectivity index is 1.93. The van der Waals surface area contributed by atoms with E-state index in [0.717, 1.165) is 26.1 Å². The summed E-state index contributed by atoms with van der Waals surface area (Å²) in [6.45, 7) is 2.38. The Kier molecular flexibility index (Phi) is 6.13. The van der Waals surface area contributed by atoms with Crippen LogP contribution in [0, 0.1) is 6.92 Å². The van der Waals surface area contributed by atoms with Crippen molar-refractivity contribution in [2.24, 2.45) is 0 Å². The second kappa shape index (κ2) is 8.90. The molecule has 4 rings (SSSR count). The smallest absolute Gasteiger partial charge is 0.416 e. The quantitative estimate of drug-likeness (QED) is 0.393. The van der Waals surface area contributed by atoms with E-state index >= 15 is 0 Å². The van der Waals surface area contributed by atoms with E-state index in [1.54, 1.807) is 30.6 Å². The van der Waals surface area contributed by atoms with Gasteiger partial charge in [0, 0.05) is 6.20 Å². The highest BCUT2D eigenvalue weighted by molar-refractivity contribution is 7.16. The van der Waals surface area contributed by atoms with Crippen molar-refractivity contribution in [1.82, 2.24) is 14.1 Å². The Morgan fingerprint density at radius 1 is 1.18 bits per heavy atom. The molecule has 0 saturated heterocycles. The Labute approximate surface area is 194 Å². The summed E-state index contributed by atoms with van der Waals surface area (Å²) in [6.07, 6.45) is -3.50. The normalized spacial score (nSPS) is 11.7. The second-order valence-corrected chi connectivity index (χ2v) is 8.29. The predicted molar refractivity (Wildman–Crippen MR) is 121 cm³/mol. The van der Waals surface area contributed by atoms with Crippen LogP contribution in [0.5, 0.6) is 0 Å². The van der Waals surface area contributed by atoms with Crippen molar-refractivity contribution in [3.8, 4) is 5.69 Å². The molecule has 4 aromatic rings. The van der Waals surface area contributed by atoms with Gasteiger partial charge in [-0.3, -0.25) is 13.9 Å². The van der Waals surface area contributed by atoms with E-state index < -0.39 is 41.1 Å². The van der Waals surface area contributed by atoms with Crippen molar-refractivity contribution in [2.45, 2.75) is 26.6 Å². The average molecular weight is 489 g/mol. The maximum atomic E-state index is 13.4. The zero-order chi connectivity index (χ0) is 24.6. The predicted octanol–water partition coefficient (Wildman–Crippen LogP) is 4.16. The summed E-state index contributed by atoms with van der Waals surface area (Å²) in [4.78, 5) is 43.1. The highest BCUT2D eigenvalue weighted by Gasteiger charge is 2.33. The van der Waals surface area contributed by atoms with Gasteiger partial charge >= 0.3 is 17.8 Å². The molecule has 2 aromatic heterocycles. The number of carbonyl (C=O) groups excluding carboxylic acids is 1. The van der Waals surface area contributed by atoms with Gasteiger partial charge in [0.05, 0.1) is 40.1 Å². The lowest BCUT2D eigenvalue weighted by atomic mass is 10.0. The minimum atomic E-state index is -4.60. The number of nitrogens with zero attached hydrogens (tertiary/aromatic N) is 3. The highest BCUT2D eigenvalue weighted by atomic mass is 32.1. The molecule has 2 aromatic carbocycles. The van der Waals surface area contributed by atoms with Gasteiger partial charge in [-0.25, -0.2) is 14.6 Å². The lowest BCUT2D eigenvalue weighted by Gasteiger charge is -2.16. The number of alkyl halides is 3. The van der Waals surface area contributed by atoms with Crippen LogP contribution in [0.2, 0.25) is 0 Å². The molecule has 34 heavy (non-hydrogen) atoms. The largest absolute Gasteiger partial charge is 0.462 e. The number of thiazole rings is 1. The van der Waals surface area contributed by atoms with Crippen molar-refractivity contribution >= 4 is 27.5 Å². The van der Waals surface area contributed by atoms with E-state index in [1.807, 2.05) is 0 Å². The number of benzene rings is 2. The molecule has 0 bridgehead atoms. The van der Waals surface area contributed by atoms with E-state index in [-0.39, 0.29) is 17.7 Å². The third-order valence-electron chi connectivity index (χ3n) is 5.34. The van der Waals surface area contributed by atoms with Crippen LogP contribution in [0.3, 0.4) is 0 Å². The monoisotopic (exact) mass is 489 g/mol. The van der Waals surface area contributed by atoms with Gasteiger partial charge in [0.25, 0.3) is 5.56 Å². The molecule has 0 atom stereocenters. The molecule has 0 radical (unpaired) electrons. The molecule has 0 fully saturated rings. The standard InChI is InChI=1S/C23H18F3N3O4S/c1-3-33-21(31)16-11-28(15-7-8-18-19(9-15)34-12-27-18)22(32)29(20(16)30)10-14-5-4-6-17(13(14)2)23(24,25)26/h4-9,11-12H,3,10H2,1-2H3. The maximum absolute atomic E-state index is 13.4. The second-order valence-electron chi connectivity index (χ2n) is 7.40. The minimum Gasteiger partial charge on any atom is -0.462 e. The van der Waals surface area contributed by atoms with E-state index in [9.17, 15) is 27.6 Å². The first-order valence-corrected chi connectivity index (χ1v) is 11.0. The molecule has 0 spiro atoms. The van der Waals surface area contributed by atoms with Gasteiger partial charge < -0.3 is 4.74 Å². The number of rotatable bonds is 5. The number of esters is 1. The fourth-order valence-corrected chi connectivity index (χ4v) is 4.31. The summed E-state index contributed by atoms with van der Waals surface area (Å²) in [5.74, 6) is -0.936. The van der Waals surface area contributed by atoms with Gasteiger partial charge in [-0.1, -0.05) is 12.1 Å². The maximum Gasteiger partial charge on any atom is 0.416 e. The zero-order valence-corrected chi connectivity index (χ0v) is 18.9. The summed E-state index contributed by atoms with van der Waals surface area (Å²) in [6, 6.07) is 8.50. The van der Waals surface area contributed by atoms with E-state index in [1.165, 1.54) is 30.4 Å². The number of aromatic nitrogens is 3. The van der Waals surface area contributed by atoms with Gasteiger partial charge in [0.1, 0.15) is 5.56 Å². The van der Waals surface area contributed by atoms with Gasteiger partial charge in [-0.15, -0.1) is 11.3 Å². The topological polar surface area (TPSA) is 83.2 Å². The van der Waals surface area contributed by atoms with Crippen molar-refractivity contribution in [1.29, 1.82) is 0 Å². The molecule has 2 heterocycles. The summed E-state index contributed by atoms with van der Waals surface area (Å²) in [5.41, 5.74) is -0.305. The lowest BCUT2D eigenvalue weighted by Crippen LogP contribution is -2.42. The van der Waals surface area contributed by atoms with Crippen LogP contribution >= 0.6 is 11.3 Å². The first kappa shape index (κ1) is 23.4. The summed E-state index contributed by atoms with van der Waals surface area (Å²) in [5, 5.41) is 0. The van der Waals surface area contributed by atoms with Crippen molar-refractivity contribution in [3.63, 3.8) is 0 Å². The summed E-state index contributed by atoms with van der Waals surface area (Å²) >= 11 is 1.34. The Bertz CT molecular complexity index is 1520. The molecule has 0 unspecified atom stereocenters. The minimum absolute atomic E-state index is 0.00302. The molecule has 0 saturated carbocycles. The molecule has 11 heteroatoms. The Morgan fingerprint density at radius 2 is 1.94 bits per heavy atom. The number of hydrogen-bond donors (Lipinski definition) is 0. The van der Waals surface area contributed by atoms with E-state index in [4.69, 9.17) is 4.74 Å². The van der Waals surface area contributed by atoms with Crippen LogP contribution in [-0.4, -0.2) is 26.7 Å². The lowest BCUT2D eigenvalue weighted by molar-refractivity contribution is -0.138. The molecule has 176 valence electrons.